The van der Waals surface area contributed by atoms with Crippen molar-refractivity contribution in [1.82, 2.24) is 15.1 Å². The normalized spacial score (nSPS) is 27.6. The van der Waals surface area contributed by atoms with Crippen molar-refractivity contribution in [2.75, 3.05) is 39.3 Å². The molecule has 0 aromatic rings. The summed E-state index contributed by atoms with van der Waals surface area (Å²) in [6, 6.07) is -0.128. The van der Waals surface area contributed by atoms with Crippen LogP contribution in [0.15, 0.2) is 0 Å². The number of carbonyl (C=O) groups excluding carboxylic acids is 1. The van der Waals surface area contributed by atoms with E-state index in [-0.39, 0.29) is 6.03 Å². The van der Waals surface area contributed by atoms with Gasteiger partial charge in [-0.2, -0.15) is 0 Å². The fraction of sp³-hybridized carbons (Fsp3) is 0.857. The number of urea groups is 1. The molecule has 20 heavy (non-hydrogen) atoms. The fourth-order valence-electron chi connectivity index (χ4n) is 3.03. The molecule has 6 nitrogen and oxygen atoms in total. The standard InChI is InChI=1S/C14H25N3O3/c1-14(12(18)19)5-4-9-17(11-14)13(20)15-6-10-16-7-2-3-8-16/h2-11H2,1H3,(H,15,20)(H,18,19). The van der Waals surface area contributed by atoms with Crippen LogP contribution in [0, 0.1) is 5.41 Å². The number of rotatable bonds is 4. The van der Waals surface area contributed by atoms with Crippen LogP contribution in [0.3, 0.4) is 0 Å². The monoisotopic (exact) mass is 283 g/mol. The summed E-state index contributed by atoms with van der Waals surface area (Å²) in [5.41, 5.74) is -0.801. The maximum Gasteiger partial charge on any atom is 0.317 e. The molecule has 2 fully saturated rings. The Hall–Kier alpha value is -1.30. The minimum atomic E-state index is -0.813. The highest BCUT2D eigenvalue weighted by atomic mass is 16.4. The molecule has 2 saturated heterocycles. The molecule has 114 valence electrons. The van der Waals surface area contributed by atoms with Crippen molar-refractivity contribution in [3.63, 3.8) is 0 Å². The van der Waals surface area contributed by atoms with Gasteiger partial charge in [0.05, 0.1) is 5.41 Å². The van der Waals surface area contributed by atoms with Crippen LogP contribution in [0.25, 0.3) is 0 Å². The summed E-state index contributed by atoms with van der Waals surface area (Å²) < 4.78 is 0. The number of hydrogen-bond donors (Lipinski definition) is 2. The Labute approximate surface area is 120 Å². The van der Waals surface area contributed by atoms with Crippen LogP contribution in [-0.4, -0.2) is 66.2 Å². The van der Waals surface area contributed by atoms with Crippen LogP contribution in [0.2, 0.25) is 0 Å². The highest BCUT2D eigenvalue weighted by Crippen LogP contribution is 2.29. The van der Waals surface area contributed by atoms with Gasteiger partial charge in [-0.3, -0.25) is 4.79 Å². The zero-order valence-electron chi connectivity index (χ0n) is 12.2. The summed E-state index contributed by atoms with van der Waals surface area (Å²) in [7, 11) is 0. The highest BCUT2D eigenvalue weighted by molar-refractivity contribution is 5.78. The molecule has 2 rings (SSSR count). The predicted molar refractivity (Wildman–Crippen MR) is 75.6 cm³/mol. The van der Waals surface area contributed by atoms with Crippen molar-refractivity contribution >= 4 is 12.0 Å². The van der Waals surface area contributed by atoms with E-state index in [1.165, 1.54) is 12.8 Å². The predicted octanol–water partition coefficient (Wildman–Crippen LogP) is 0.979. The minimum Gasteiger partial charge on any atom is -0.481 e. The molecular formula is C14H25N3O3. The number of piperidine rings is 1. The molecule has 2 aliphatic rings. The molecule has 2 amide bonds. The quantitative estimate of drug-likeness (QED) is 0.806. The second kappa shape index (κ2) is 6.43. The summed E-state index contributed by atoms with van der Waals surface area (Å²) in [4.78, 5) is 27.3. The Morgan fingerprint density at radius 3 is 2.55 bits per heavy atom. The van der Waals surface area contributed by atoms with E-state index in [0.29, 0.717) is 26.1 Å². The van der Waals surface area contributed by atoms with Gasteiger partial charge in [0.25, 0.3) is 0 Å². The van der Waals surface area contributed by atoms with E-state index in [0.717, 1.165) is 26.1 Å². The van der Waals surface area contributed by atoms with Gasteiger partial charge in [0.2, 0.25) is 0 Å². The van der Waals surface area contributed by atoms with E-state index in [9.17, 15) is 14.7 Å². The number of nitrogens with zero attached hydrogens (tertiary/aromatic N) is 2. The maximum absolute atomic E-state index is 12.1. The molecule has 0 spiro atoms. The fourth-order valence-corrected chi connectivity index (χ4v) is 3.03. The first kappa shape index (κ1) is 15.1. The van der Waals surface area contributed by atoms with Gasteiger partial charge in [0.15, 0.2) is 0 Å². The van der Waals surface area contributed by atoms with Gasteiger partial charge >= 0.3 is 12.0 Å². The maximum atomic E-state index is 12.1. The molecule has 6 heteroatoms. The number of carboxylic acids is 1. The van der Waals surface area contributed by atoms with E-state index >= 15 is 0 Å². The van der Waals surface area contributed by atoms with Crippen molar-refractivity contribution in [3.05, 3.63) is 0 Å². The Morgan fingerprint density at radius 2 is 1.90 bits per heavy atom. The zero-order chi connectivity index (χ0) is 14.6. The largest absolute Gasteiger partial charge is 0.481 e. The second-order valence-electron chi connectivity index (χ2n) is 6.17. The smallest absolute Gasteiger partial charge is 0.317 e. The summed E-state index contributed by atoms with van der Waals surface area (Å²) in [6.45, 7) is 6.44. The SMILES string of the molecule is CC1(C(=O)O)CCCN(C(=O)NCCN2CCCC2)C1. The average Bonchev–Trinajstić information content (AvgIpc) is 2.91. The Balaban J connectivity index is 1.75. The number of likely N-dealkylation sites (tertiary alicyclic amines) is 2. The number of aliphatic carboxylic acids is 1. The van der Waals surface area contributed by atoms with E-state index in [2.05, 4.69) is 10.2 Å². The molecule has 0 aromatic carbocycles. The first-order chi connectivity index (χ1) is 9.51. The summed E-state index contributed by atoms with van der Waals surface area (Å²) in [5.74, 6) is -0.813. The molecule has 0 aliphatic carbocycles. The molecule has 1 unspecified atom stereocenters. The number of hydrogen-bond acceptors (Lipinski definition) is 3. The van der Waals surface area contributed by atoms with Gasteiger partial charge in [0, 0.05) is 26.2 Å². The molecule has 2 aliphatic heterocycles. The van der Waals surface area contributed by atoms with Crippen LogP contribution in [0.1, 0.15) is 32.6 Å². The first-order valence-electron chi connectivity index (χ1n) is 7.50. The van der Waals surface area contributed by atoms with Crippen molar-refractivity contribution < 1.29 is 14.7 Å². The summed E-state index contributed by atoms with van der Waals surface area (Å²) >= 11 is 0. The molecule has 2 heterocycles. The number of carboxylic acid groups (broad SMARTS) is 1. The average molecular weight is 283 g/mol. The van der Waals surface area contributed by atoms with Gasteiger partial charge in [-0.05, 0) is 45.7 Å². The lowest BCUT2D eigenvalue weighted by Crippen LogP contribution is -2.52. The van der Waals surface area contributed by atoms with Crippen LogP contribution < -0.4 is 5.32 Å². The third-order valence-electron chi connectivity index (χ3n) is 4.40. The first-order valence-corrected chi connectivity index (χ1v) is 7.50. The molecule has 0 bridgehead atoms. The Morgan fingerprint density at radius 1 is 1.20 bits per heavy atom. The van der Waals surface area contributed by atoms with Crippen molar-refractivity contribution in [1.29, 1.82) is 0 Å². The van der Waals surface area contributed by atoms with Crippen LogP contribution in [0.4, 0.5) is 4.79 Å². The third-order valence-corrected chi connectivity index (χ3v) is 4.40. The molecule has 2 N–H and O–H groups in total. The van der Waals surface area contributed by atoms with E-state index in [4.69, 9.17) is 0 Å². The minimum absolute atomic E-state index is 0.128. The van der Waals surface area contributed by atoms with Gasteiger partial charge in [-0.25, -0.2) is 4.79 Å². The van der Waals surface area contributed by atoms with Crippen LogP contribution in [0.5, 0.6) is 0 Å². The molecule has 0 saturated carbocycles. The van der Waals surface area contributed by atoms with Crippen molar-refractivity contribution in [2.24, 2.45) is 5.41 Å². The lowest BCUT2D eigenvalue weighted by atomic mass is 9.82. The van der Waals surface area contributed by atoms with Crippen molar-refractivity contribution in [3.8, 4) is 0 Å². The van der Waals surface area contributed by atoms with Gasteiger partial charge in [-0.1, -0.05) is 0 Å². The molecule has 0 aromatic heterocycles. The van der Waals surface area contributed by atoms with E-state index < -0.39 is 11.4 Å². The molecule has 0 radical (unpaired) electrons. The Kier molecular flexibility index (Phi) is 4.86. The lowest BCUT2D eigenvalue weighted by molar-refractivity contribution is -0.150. The summed E-state index contributed by atoms with van der Waals surface area (Å²) in [5, 5.41) is 12.2. The third kappa shape index (κ3) is 3.62. The molecular weight excluding hydrogens is 258 g/mol. The number of amides is 2. The van der Waals surface area contributed by atoms with Gasteiger partial charge in [-0.15, -0.1) is 0 Å². The summed E-state index contributed by atoms with van der Waals surface area (Å²) in [6.07, 6.45) is 3.89. The number of nitrogens with one attached hydrogen (secondary N) is 1. The zero-order valence-corrected chi connectivity index (χ0v) is 12.2. The second-order valence-corrected chi connectivity index (χ2v) is 6.17. The van der Waals surface area contributed by atoms with E-state index in [1.807, 2.05) is 0 Å². The van der Waals surface area contributed by atoms with Crippen LogP contribution >= 0.6 is 0 Å². The Bertz CT molecular complexity index is 369. The topological polar surface area (TPSA) is 72.9 Å². The van der Waals surface area contributed by atoms with E-state index in [1.54, 1.807) is 11.8 Å². The highest BCUT2D eigenvalue weighted by Gasteiger charge is 2.39. The van der Waals surface area contributed by atoms with Gasteiger partial charge in [0.1, 0.15) is 0 Å². The van der Waals surface area contributed by atoms with Crippen molar-refractivity contribution in [2.45, 2.75) is 32.6 Å². The molecule has 1 atom stereocenters. The van der Waals surface area contributed by atoms with Crippen LogP contribution in [-0.2, 0) is 4.79 Å². The number of carbonyl (C=O) groups is 2. The lowest BCUT2D eigenvalue weighted by Gasteiger charge is -2.37. The van der Waals surface area contributed by atoms with Gasteiger partial charge < -0.3 is 20.2 Å².